The van der Waals surface area contributed by atoms with Crippen LogP contribution in [0.4, 0.5) is 5.69 Å². The molecule has 5 heteroatoms. The highest BCUT2D eigenvalue weighted by Gasteiger charge is 1.99. The monoisotopic (exact) mass is 286 g/mol. The lowest BCUT2D eigenvalue weighted by Gasteiger charge is -1.98. The third-order valence-electron chi connectivity index (χ3n) is 1.71. The molecule has 0 aliphatic rings. The van der Waals surface area contributed by atoms with Crippen molar-refractivity contribution in [3.05, 3.63) is 30.5 Å². The first kappa shape index (κ1) is 8.49. The SMILES string of the molecule is INc1ccc(-c2c[nH]nn2)cc1. The minimum atomic E-state index is 0.861. The molecule has 0 radical (unpaired) electrons. The topological polar surface area (TPSA) is 53.6 Å². The van der Waals surface area contributed by atoms with Crippen molar-refractivity contribution in [1.82, 2.24) is 15.4 Å². The van der Waals surface area contributed by atoms with Crippen LogP contribution in [0.25, 0.3) is 11.3 Å². The molecule has 13 heavy (non-hydrogen) atoms. The maximum Gasteiger partial charge on any atom is 0.112 e. The van der Waals surface area contributed by atoms with Gasteiger partial charge in [0.15, 0.2) is 0 Å². The minimum absolute atomic E-state index is 0.861. The van der Waals surface area contributed by atoms with Gasteiger partial charge in [0.1, 0.15) is 5.69 Å². The molecule has 66 valence electrons. The Kier molecular flexibility index (Phi) is 2.44. The van der Waals surface area contributed by atoms with Gasteiger partial charge in [0.2, 0.25) is 0 Å². The molecule has 0 fully saturated rings. The van der Waals surface area contributed by atoms with Gasteiger partial charge in [0.05, 0.1) is 22.9 Å². The number of hydrogen-bond acceptors (Lipinski definition) is 3. The Bertz CT molecular complexity index is 368. The molecule has 0 saturated carbocycles. The van der Waals surface area contributed by atoms with E-state index in [1.807, 2.05) is 24.3 Å². The van der Waals surface area contributed by atoms with Crippen LogP contribution in [0.5, 0.6) is 0 Å². The number of halogens is 1. The summed E-state index contributed by atoms with van der Waals surface area (Å²) >= 11 is 2.09. The van der Waals surface area contributed by atoms with Crippen molar-refractivity contribution in [2.75, 3.05) is 3.53 Å². The lowest BCUT2D eigenvalue weighted by molar-refractivity contribution is 0.942. The molecule has 4 nitrogen and oxygen atoms in total. The molecule has 2 rings (SSSR count). The quantitative estimate of drug-likeness (QED) is 0.657. The zero-order chi connectivity index (χ0) is 9.10. The van der Waals surface area contributed by atoms with E-state index >= 15 is 0 Å². The summed E-state index contributed by atoms with van der Waals surface area (Å²) in [5.74, 6) is 0. The number of rotatable bonds is 2. The Morgan fingerprint density at radius 3 is 2.54 bits per heavy atom. The number of aromatic nitrogens is 3. The molecule has 0 spiro atoms. The average Bonchev–Trinajstić information content (AvgIpc) is 2.71. The van der Waals surface area contributed by atoms with Gasteiger partial charge in [-0.2, -0.15) is 0 Å². The molecule has 0 saturated heterocycles. The zero-order valence-electron chi connectivity index (χ0n) is 6.66. The van der Waals surface area contributed by atoms with Gasteiger partial charge < -0.3 is 3.53 Å². The number of nitrogens with one attached hydrogen (secondary N) is 2. The first-order chi connectivity index (χ1) is 6.40. The fourth-order valence-electron chi connectivity index (χ4n) is 1.05. The van der Waals surface area contributed by atoms with E-state index in [9.17, 15) is 0 Å². The van der Waals surface area contributed by atoms with Crippen LogP contribution >= 0.6 is 22.9 Å². The third kappa shape index (κ3) is 1.80. The van der Waals surface area contributed by atoms with Gasteiger partial charge in [-0.15, -0.1) is 5.10 Å². The van der Waals surface area contributed by atoms with Crippen molar-refractivity contribution >= 4 is 28.6 Å². The molecule has 1 heterocycles. The molecule has 0 aliphatic carbocycles. The zero-order valence-corrected chi connectivity index (χ0v) is 8.82. The average molecular weight is 286 g/mol. The molecule has 0 bridgehead atoms. The van der Waals surface area contributed by atoms with E-state index in [-0.39, 0.29) is 0 Å². The van der Waals surface area contributed by atoms with Crippen LogP contribution in [0.1, 0.15) is 0 Å². The summed E-state index contributed by atoms with van der Waals surface area (Å²) in [6.45, 7) is 0. The van der Waals surface area contributed by atoms with Gasteiger partial charge >= 0.3 is 0 Å². The highest BCUT2D eigenvalue weighted by atomic mass is 127. The first-order valence-corrected chi connectivity index (χ1v) is 4.81. The summed E-state index contributed by atoms with van der Waals surface area (Å²) in [6, 6.07) is 7.99. The van der Waals surface area contributed by atoms with E-state index in [0.717, 1.165) is 16.9 Å². The van der Waals surface area contributed by atoms with Crippen LogP contribution in [0.2, 0.25) is 0 Å². The van der Waals surface area contributed by atoms with E-state index in [0.29, 0.717) is 0 Å². The number of H-pyrrole nitrogens is 1. The second-order valence-corrected chi connectivity index (χ2v) is 3.07. The summed E-state index contributed by atoms with van der Waals surface area (Å²) in [4.78, 5) is 0. The Morgan fingerprint density at radius 1 is 1.23 bits per heavy atom. The van der Waals surface area contributed by atoms with Gasteiger partial charge in [-0.25, -0.2) is 0 Å². The maximum atomic E-state index is 3.91. The second kappa shape index (κ2) is 3.73. The molecular formula is C8H7IN4. The lowest BCUT2D eigenvalue weighted by Crippen LogP contribution is -1.80. The number of anilines is 1. The largest absolute Gasteiger partial charge is 0.328 e. The van der Waals surface area contributed by atoms with E-state index in [1.165, 1.54) is 0 Å². The van der Waals surface area contributed by atoms with Gasteiger partial charge in [0, 0.05) is 17.4 Å². The van der Waals surface area contributed by atoms with Crippen molar-refractivity contribution in [1.29, 1.82) is 0 Å². The summed E-state index contributed by atoms with van der Waals surface area (Å²) in [5, 5.41) is 10.2. The van der Waals surface area contributed by atoms with Crippen LogP contribution in [0, 0.1) is 0 Å². The molecule has 0 atom stereocenters. The van der Waals surface area contributed by atoms with Crippen LogP contribution < -0.4 is 3.53 Å². The number of benzene rings is 1. The van der Waals surface area contributed by atoms with E-state index in [4.69, 9.17) is 0 Å². The number of hydrogen-bond donors (Lipinski definition) is 2. The molecular weight excluding hydrogens is 279 g/mol. The summed E-state index contributed by atoms with van der Waals surface area (Å²) in [6.07, 6.45) is 1.77. The number of aromatic amines is 1. The van der Waals surface area contributed by atoms with Gasteiger partial charge in [-0.1, -0.05) is 17.3 Å². The predicted molar refractivity (Wildman–Crippen MR) is 59.5 cm³/mol. The van der Waals surface area contributed by atoms with E-state index < -0.39 is 0 Å². The smallest absolute Gasteiger partial charge is 0.112 e. The molecule has 1 aromatic heterocycles. The molecule has 2 N–H and O–H groups in total. The van der Waals surface area contributed by atoms with E-state index in [2.05, 4.69) is 41.8 Å². The molecule has 0 amide bonds. The summed E-state index contributed by atoms with van der Waals surface area (Å²) in [5.41, 5.74) is 3.00. The fourth-order valence-corrected chi connectivity index (χ4v) is 1.41. The molecule has 0 aliphatic heterocycles. The minimum Gasteiger partial charge on any atom is -0.328 e. The standard InChI is InChI=1S/C8H7IN4/c9-11-7-3-1-6(2-4-7)8-5-10-13-12-8/h1-5,11H,(H,10,12,13). The van der Waals surface area contributed by atoms with Gasteiger partial charge in [-0.05, 0) is 12.1 Å². The van der Waals surface area contributed by atoms with Crippen LogP contribution in [-0.2, 0) is 0 Å². The van der Waals surface area contributed by atoms with Crippen molar-refractivity contribution < 1.29 is 0 Å². The third-order valence-corrected chi connectivity index (χ3v) is 2.33. The summed E-state index contributed by atoms with van der Waals surface area (Å²) in [7, 11) is 0. The highest BCUT2D eigenvalue weighted by Crippen LogP contribution is 2.18. The molecule has 1 aromatic carbocycles. The number of nitrogens with zero attached hydrogens (tertiary/aromatic N) is 2. The van der Waals surface area contributed by atoms with Crippen LogP contribution in [0.3, 0.4) is 0 Å². The van der Waals surface area contributed by atoms with Crippen molar-refractivity contribution in [2.24, 2.45) is 0 Å². The normalized spacial score (nSPS) is 9.92. The molecule has 2 aromatic rings. The Morgan fingerprint density at radius 2 is 2.00 bits per heavy atom. The van der Waals surface area contributed by atoms with Crippen LogP contribution in [0.15, 0.2) is 30.5 Å². The maximum absolute atomic E-state index is 3.91. The summed E-state index contributed by atoms with van der Waals surface area (Å²) < 4.78 is 3.03. The fraction of sp³-hybridized carbons (Fsp3) is 0. The second-order valence-electron chi connectivity index (χ2n) is 2.53. The Hall–Kier alpha value is -1.11. The predicted octanol–water partition coefficient (Wildman–Crippen LogP) is 2.23. The Labute approximate surface area is 89.2 Å². The van der Waals surface area contributed by atoms with E-state index in [1.54, 1.807) is 6.20 Å². The molecule has 0 unspecified atom stereocenters. The van der Waals surface area contributed by atoms with Crippen LogP contribution in [-0.4, -0.2) is 15.4 Å². The van der Waals surface area contributed by atoms with Crippen molar-refractivity contribution in [2.45, 2.75) is 0 Å². The highest BCUT2D eigenvalue weighted by molar-refractivity contribution is 14.1. The lowest BCUT2D eigenvalue weighted by atomic mass is 10.1. The van der Waals surface area contributed by atoms with Gasteiger partial charge in [0.25, 0.3) is 0 Å². The van der Waals surface area contributed by atoms with Crippen molar-refractivity contribution in [3.8, 4) is 11.3 Å². The van der Waals surface area contributed by atoms with Crippen molar-refractivity contribution in [3.63, 3.8) is 0 Å². The Balaban J connectivity index is 2.33. The first-order valence-electron chi connectivity index (χ1n) is 3.73. The van der Waals surface area contributed by atoms with Gasteiger partial charge in [-0.3, -0.25) is 5.10 Å².